The van der Waals surface area contributed by atoms with E-state index in [1.807, 2.05) is 0 Å². The lowest BCUT2D eigenvalue weighted by Crippen LogP contribution is -2.32. The first-order chi connectivity index (χ1) is 17.6. The molecule has 0 amide bonds. The number of allylic oxidation sites excluding steroid dienone is 4. The van der Waals surface area contributed by atoms with Crippen LogP contribution in [-0.2, 0) is 9.47 Å². The van der Waals surface area contributed by atoms with Gasteiger partial charge in [-0.25, -0.2) is 0 Å². The Morgan fingerprint density at radius 1 is 0.917 bits per heavy atom. The van der Waals surface area contributed by atoms with Gasteiger partial charge in [-0.2, -0.15) is 5.11 Å². The zero-order valence-corrected chi connectivity index (χ0v) is 24.0. The summed E-state index contributed by atoms with van der Waals surface area (Å²) in [6, 6.07) is 0.291. The van der Waals surface area contributed by atoms with Crippen molar-refractivity contribution in [2.75, 3.05) is 40.3 Å². The normalized spacial score (nSPS) is 24.4. The highest BCUT2D eigenvalue weighted by atomic mass is 16.7. The molecule has 2 aliphatic heterocycles. The van der Waals surface area contributed by atoms with Gasteiger partial charge in [0.05, 0.1) is 19.3 Å². The molecular weight excluding hydrogens is 448 g/mol. The summed E-state index contributed by atoms with van der Waals surface area (Å²) in [5, 5.41) is 10.8. The zero-order chi connectivity index (χ0) is 25.9. The van der Waals surface area contributed by atoms with Crippen LogP contribution in [0.15, 0.2) is 34.6 Å². The van der Waals surface area contributed by atoms with Crippen LogP contribution in [-0.4, -0.2) is 68.2 Å². The SMILES string of the molecule is CCCCC/C=C\C/C=C\CCCCCCCCC1(CC)OCC(CCN2CC(CN(C)C)N=N2)O1. The van der Waals surface area contributed by atoms with E-state index >= 15 is 0 Å². The van der Waals surface area contributed by atoms with Crippen LogP contribution < -0.4 is 0 Å². The van der Waals surface area contributed by atoms with Crippen molar-refractivity contribution in [1.29, 1.82) is 0 Å². The minimum Gasteiger partial charge on any atom is -0.347 e. The smallest absolute Gasteiger partial charge is 0.168 e. The Labute approximate surface area is 222 Å². The Kier molecular flexibility index (Phi) is 16.3. The van der Waals surface area contributed by atoms with Gasteiger partial charge in [-0.15, -0.1) is 0 Å². The van der Waals surface area contributed by atoms with Crippen molar-refractivity contribution in [3.8, 4) is 0 Å². The lowest BCUT2D eigenvalue weighted by Gasteiger charge is -2.27. The highest BCUT2D eigenvalue weighted by Crippen LogP contribution is 2.33. The Morgan fingerprint density at radius 3 is 2.31 bits per heavy atom. The van der Waals surface area contributed by atoms with Crippen molar-refractivity contribution < 1.29 is 9.47 Å². The number of hydrogen-bond donors (Lipinski definition) is 0. The molecule has 0 aromatic carbocycles. The van der Waals surface area contributed by atoms with E-state index in [4.69, 9.17) is 9.47 Å². The summed E-state index contributed by atoms with van der Waals surface area (Å²) in [5.74, 6) is -0.361. The van der Waals surface area contributed by atoms with Crippen LogP contribution in [0.5, 0.6) is 0 Å². The number of nitrogens with zero attached hydrogens (tertiary/aromatic N) is 4. The van der Waals surface area contributed by atoms with Crippen molar-refractivity contribution in [1.82, 2.24) is 9.91 Å². The fraction of sp³-hybridized carbons (Fsp3) is 0.867. The molecule has 2 rings (SSSR count). The topological polar surface area (TPSA) is 49.7 Å². The molecule has 6 nitrogen and oxygen atoms in total. The zero-order valence-electron chi connectivity index (χ0n) is 24.0. The fourth-order valence-corrected chi connectivity index (χ4v) is 5.04. The summed E-state index contributed by atoms with van der Waals surface area (Å²) in [5.41, 5.74) is 0. The summed E-state index contributed by atoms with van der Waals surface area (Å²) >= 11 is 0. The van der Waals surface area contributed by atoms with Gasteiger partial charge in [0.2, 0.25) is 0 Å². The highest BCUT2D eigenvalue weighted by molar-refractivity contribution is 4.92. The molecule has 0 N–H and O–H groups in total. The van der Waals surface area contributed by atoms with Gasteiger partial charge in [-0.1, -0.05) is 81.9 Å². The van der Waals surface area contributed by atoms with Crippen LogP contribution in [0.4, 0.5) is 0 Å². The van der Waals surface area contributed by atoms with Crippen molar-refractivity contribution in [3.63, 3.8) is 0 Å². The molecule has 0 aliphatic carbocycles. The lowest BCUT2D eigenvalue weighted by atomic mass is 10.0. The van der Waals surface area contributed by atoms with Crippen LogP contribution in [0.1, 0.15) is 110 Å². The van der Waals surface area contributed by atoms with Crippen molar-refractivity contribution >= 4 is 0 Å². The molecule has 0 aromatic heterocycles. The Morgan fingerprint density at radius 2 is 1.61 bits per heavy atom. The second-order valence-electron chi connectivity index (χ2n) is 11.0. The van der Waals surface area contributed by atoms with E-state index < -0.39 is 0 Å². The maximum absolute atomic E-state index is 6.43. The highest BCUT2D eigenvalue weighted by Gasteiger charge is 2.39. The average Bonchev–Trinajstić information content (AvgIpc) is 3.49. The molecule has 0 spiro atoms. The second-order valence-corrected chi connectivity index (χ2v) is 11.0. The molecule has 36 heavy (non-hydrogen) atoms. The molecule has 0 bridgehead atoms. The molecular formula is C30H56N4O2. The average molecular weight is 505 g/mol. The number of rotatable bonds is 21. The first-order valence-electron chi connectivity index (χ1n) is 15.0. The summed E-state index contributed by atoms with van der Waals surface area (Å²) in [4.78, 5) is 2.17. The summed E-state index contributed by atoms with van der Waals surface area (Å²) in [7, 11) is 4.17. The quantitative estimate of drug-likeness (QED) is 0.119. The molecule has 0 aromatic rings. The first kappa shape index (κ1) is 31.0. The van der Waals surface area contributed by atoms with Gasteiger partial charge in [0.25, 0.3) is 0 Å². The molecule has 1 fully saturated rings. The van der Waals surface area contributed by atoms with Crippen molar-refractivity contribution in [3.05, 3.63) is 24.3 Å². The van der Waals surface area contributed by atoms with Gasteiger partial charge in [0.15, 0.2) is 5.79 Å². The third-order valence-electron chi connectivity index (χ3n) is 7.26. The van der Waals surface area contributed by atoms with Gasteiger partial charge in [-0.05, 0) is 65.5 Å². The minimum absolute atomic E-state index is 0.178. The summed E-state index contributed by atoms with van der Waals surface area (Å²) in [6.45, 7) is 7.93. The second kappa shape index (κ2) is 18.9. The van der Waals surface area contributed by atoms with E-state index in [1.165, 1.54) is 70.6 Å². The van der Waals surface area contributed by atoms with Gasteiger partial charge < -0.3 is 14.4 Å². The third-order valence-corrected chi connectivity index (χ3v) is 7.26. The predicted octanol–water partition coefficient (Wildman–Crippen LogP) is 7.71. The predicted molar refractivity (Wildman–Crippen MR) is 151 cm³/mol. The molecule has 0 radical (unpaired) electrons. The van der Waals surface area contributed by atoms with E-state index in [0.717, 1.165) is 45.3 Å². The molecule has 3 atom stereocenters. The molecule has 2 heterocycles. The van der Waals surface area contributed by atoms with E-state index in [1.54, 1.807) is 0 Å². The molecule has 208 valence electrons. The summed E-state index contributed by atoms with van der Waals surface area (Å²) in [6.07, 6.45) is 27.8. The summed E-state index contributed by atoms with van der Waals surface area (Å²) < 4.78 is 12.6. The van der Waals surface area contributed by atoms with Gasteiger partial charge >= 0.3 is 0 Å². The number of likely N-dealkylation sites (N-methyl/N-ethyl adjacent to an activating group) is 1. The fourth-order valence-electron chi connectivity index (χ4n) is 5.04. The van der Waals surface area contributed by atoms with Crippen molar-refractivity contribution in [2.24, 2.45) is 10.3 Å². The van der Waals surface area contributed by atoms with E-state index in [2.05, 4.69) is 72.5 Å². The molecule has 2 aliphatic rings. The van der Waals surface area contributed by atoms with Crippen LogP contribution in [0.3, 0.4) is 0 Å². The first-order valence-corrected chi connectivity index (χ1v) is 15.0. The minimum atomic E-state index is -0.361. The standard InChI is InChI=1S/C30H56N4O2/c1-5-7-8-9-10-11-12-13-14-15-16-17-18-19-20-21-23-30(6-2)35-27-29(36-30)22-24-34-26-28(31-32-34)25-33(3)4/h10-11,13-14,28-29H,5-9,12,15-27H2,1-4H3/b11-10-,14-13-. The third kappa shape index (κ3) is 13.3. The van der Waals surface area contributed by atoms with Gasteiger partial charge in [0, 0.05) is 19.5 Å². The number of ether oxygens (including phenoxy) is 2. The van der Waals surface area contributed by atoms with E-state index in [-0.39, 0.29) is 11.9 Å². The van der Waals surface area contributed by atoms with Gasteiger partial charge in [0.1, 0.15) is 6.04 Å². The number of hydrogen-bond acceptors (Lipinski definition) is 6. The van der Waals surface area contributed by atoms with Crippen LogP contribution >= 0.6 is 0 Å². The van der Waals surface area contributed by atoms with Crippen molar-refractivity contribution in [2.45, 2.75) is 128 Å². The largest absolute Gasteiger partial charge is 0.347 e. The molecule has 1 saturated heterocycles. The molecule has 6 heteroatoms. The van der Waals surface area contributed by atoms with Crippen LogP contribution in [0.25, 0.3) is 0 Å². The molecule has 3 unspecified atom stereocenters. The van der Waals surface area contributed by atoms with Crippen LogP contribution in [0, 0.1) is 0 Å². The maximum Gasteiger partial charge on any atom is 0.168 e. The van der Waals surface area contributed by atoms with E-state index in [9.17, 15) is 0 Å². The molecule has 0 saturated carbocycles. The lowest BCUT2D eigenvalue weighted by molar-refractivity contribution is -0.176. The number of unbranched alkanes of at least 4 members (excludes halogenated alkanes) is 9. The van der Waals surface area contributed by atoms with Gasteiger partial charge in [-0.3, -0.25) is 5.01 Å². The van der Waals surface area contributed by atoms with Crippen LogP contribution in [0.2, 0.25) is 0 Å². The monoisotopic (exact) mass is 504 g/mol. The Bertz CT molecular complexity index is 636. The van der Waals surface area contributed by atoms with E-state index in [0.29, 0.717) is 12.6 Å². The Balaban J connectivity index is 1.45. The Hall–Kier alpha value is -1.24. The maximum atomic E-state index is 6.43.